The number of carbonyl (C=O) groups is 2. The number of nitrogens with zero attached hydrogens (tertiary/aromatic N) is 1. The lowest BCUT2D eigenvalue weighted by atomic mass is 9.86. The predicted molar refractivity (Wildman–Crippen MR) is 202 cm³/mol. The third-order valence-electron chi connectivity index (χ3n) is 10.4. The molecule has 0 spiro atoms. The number of hydrogen-bond donors (Lipinski definition) is 1. The molecular weight excluding hydrogens is 737 g/mol. The second kappa shape index (κ2) is 18.1. The molecule has 1 aliphatic carbocycles. The number of pyridine rings is 1. The van der Waals surface area contributed by atoms with Crippen LogP contribution in [0.15, 0.2) is 73.1 Å². The van der Waals surface area contributed by atoms with Crippen LogP contribution >= 0.6 is 34.5 Å². The van der Waals surface area contributed by atoms with E-state index < -0.39 is 18.1 Å². The van der Waals surface area contributed by atoms with Crippen LogP contribution in [0.5, 0.6) is 11.5 Å². The molecule has 4 aliphatic rings. The molecule has 282 valence electrons. The van der Waals surface area contributed by atoms with Gasteiger partial charge in [0, 0.05) is 30.0 Å². The normalized spacial score (nSPS) is 20.6. The van der Waals surface area contributed by atoms with Gasteiger partial charge < -0.3 is 24.4 Å². The smallest absolute Gasteiger partial charge is 0.348 e. The van der Waals surface area contributed by atoms with E-state index in [-0.39, 0.29) is 30.1 Å². The first-order valence-corrected chi connectivity index (χ1v) is 19.6. The number of fused-ring (bicyclic) bond motifs is 3. The summed E-state index contributed by atoms with van der Waals surface area (Å²) in [6.07, 6.45) is 9.20. The SMILES string of the molecule is COc1ccc(C(Cc2c(Cl)c[nH+]cc2Cl)OC(=O)c2ccc(CNC(C(=O)O[C@H]3CN4CCC3CC4)c3ccccc3)s2)cc1OC1CCCC1.[OH-]. The molecule has 1 saturated carbocycles. The molecule has 3 aliphatic heterocycles. The van der Waals surface area contributed by atoms with Crippen LogP contribution in [-0.2, 0) is 27.2 Å². The average Bonchev–Trinajstić information content (AvgIpc) is 3.87. The Morgan fingerprint density at radius 1 is 0.943 bits per heavy atom. The zero-order valence-corrected chi connectivity index (χ0v) is 31.9. The first-order valence-electron chi connectivity index (χ1n) is 18.0. The van der Waals surface area contributed by atoms with Gasteiger partial charge in [0.25, 0.3) is 0 Å². The Bertz CT molecular complexity index is 1830. The molecule has 5 heterocycles. The van der Waals surface area contributed by atoms with E-state index in [1.807, 2.05) is 54.6 Å². The second-order valence-corrected chi connectivity index (χ2v) is 15.7. The number of esters is 2. The largest absolute Gasteiger partial charge is 0.870 e. The summed E-state index contributed by atoms with van der Waals surface area (Å²) in [5.41, 5.74) is 2.22. The Labute approximate surface area is 324 Å². The summed E-state index contributed by atoms with van der Waals surface area (Å²) < 4.78 is 24.4. The van der Waals surface area contributed by atoms with Crippen LogP contribution in [0.25, 0.3) is 0 Å². The predicted octanol–water partition coefficient (Wildman–Crippen LogP) is 7.63. The van der Waals surface area contributed by atoms with Gasteiger partial charge in [-0.25, -0.2) is 14.6 Å². The highest BCUT2D eigenvalue weighted by Gasteiger charge is 2.38. The van der Waals surface area contributed by atoms with Crippen molar-refractivity contribution in [3.8, 4) is 11.5 Å². The van der Waals surface area contributed by atoms with E-state index in [0.717, 1.165) is 74.2 Å². The van der Waals surface area contributed by atoms with Crippen LogP contribution in [0.1, 0.15) is 81.9 Å². The average molecular weight is 783 g/mol. The topological polar surface area (TPSA) is 130 Å². The minimum Gasteiger partial charge on any atom is -0.870 e. The van der Waals surface area contributed by atoms with Crippen LogP contribution in [0.3, 0.4) is 0 Å². The van der Waals surface area contributed by atoms with Crippen molar-refractivity contribution in [1.82, 2.24) is 10.2 Å². The van der Waals surface area contributed by atoms with Crippen molar-refractivity contribution in [2.24, 2.45) is 5.92 Å². The Hall–Kier alpha value is -3.71. The van der Waals surface area contributed by atoms with Crippen molar-refractivity contribution in [2.75, 3.05) is 26.7 Å². The van der Waals surface area contributed by atoms with Crippen LogP contribution in [0, 0.1) is 5.92 Å². The van der Waals surface area contributed by atoms with Gasteiger partial charge in [-0.05, 0) is 92.9 Å². The summed E-state index contributed by atoms with van der Waals surface area (Å²) in [6, 6.07) is 18.2. The number of nitrogens with one attached hydrogen (secondary N) is 2. The molecule has 2 aromatic heterocycles. The third-order valence-corrected chi connectivity index (χ3v) is 12.1. The molecule has 3 N–H and O–H groups in total. The van der Waals surface area contributed by atoms with Gasteiger partial charge in [0.15, 0.2) is 23.9 Å². The van der Waals surface area contributed by atoms with Crippen molar-refractivity contribution in [3.05, 3.63) is 110 Å². The third kappa shape index (κ3) is 9.51. The number of rotatable bonds is 14. The van der Waals surface area contributed by atoms with Gasteiger partial charge >= 0.3 is 11.9 Å². The van der Waals surface area contributed by atoms with Crippen LogP contribution in [-0.4, -0.2) is 61.3 Å². The van der Waals surface area contributed by atoms with Gasteiger partial charge in [0.1, 0.15) is 33.2 Å². The molecule has 8 rings (SSSR count). The number of hydrogen-bond acceptors (Lipinski definition) is 10. The fraction of sp³-hybridized carbons (Fsp3) is 0.425. The zero-order valence-electron chi connectivity index (χ0n) is 29.6. The van der Waals surface area contributed by atoms with E-state index in [9.17, 15) is 9.59 Å². The summed E-state index contributed by atoms with van der Waals surface area (Å²) in [5.74, 6) is 0.873. The Kier molecular flexibility index (Phi) is 13.3. The lowest BCUT2D eigenvalue weighted by molar-refractivity contribution is -0.377. The number of thiophene rings is 1. The number of H-pyrrole nitrogens is 1. The molecule has 2 bridgehead atoms. The maximum Gasteiger partial charge on any atom is 0.348 e. The highest BCUT2D eigenvalue weighted by Crippen LogP contribution is 2.38. The second-order valence-electron chi connectivity index (χ2n) is 13.8. The van der Waals surface area contributed by atoms with E-state index in [0.29, 0.717) is 44.4 Å². The highest BCUT2D eigenvalue weighted by molar-refractivity contribution is 7.13. The molecule has 4 fully saturated rings. The van der Waals surface area contributed by atoms with E-state index in [4.69, 9.17) is 42.1 Å². The zero-order chi connectivity index (χ0) is 36.0. The first kappa shape index (κ1) is 39.0. The first-order chi connectivity index (χ1) is 25.3. The van der Waals surface area contributed by atoms with Crippen LogP contribution in [0.4, 0.5) is 0 Å². The number of carbonyl (C=O) groups excluding carboxylic acids is 2. The molecule has 53 heavy (non-hydrogen) atoms. The summed E-state index contributed by atoms with van der Waals surface area (Å²) in [4.78, 5) is 34.0. The van der Waals surface area contributed by atoms with E-state index in [1.54, 1.807) is 25.6 Å². The molecular formula is C40H45Cl2N3O7S. The highest BCUT2D eigenvalue weighted by atomic mass is 35.5. The number of aromatic nitrogens is 1. The molecule has 10 nitrogen and oxygen atoms in total. The quantitative estimate of drug-likeness (QED) is 0.128. The number of ether oxygens (including phenoxy) is 4. The molecule has 0 radical (unpaired) electrons. The number of benzene rings is 2. The standard InChI is InChI=1S/C40H43Cl2N3O6S.H2O/c1-48-33-13-11-27(19-35(33)49-28-9-5-6-10-28)34(20-30-31(41)22-43-23-32(30)42)50-39(46)37-14-12-29(52-37)21-44-38(26-7-3-2-4-8-26)40(47)51-36-24-45-17-15-25(36)16-18-45;/h2-4,7-8,11-14,19,22-23,25,28,34,36,38,44H,5-6,9-10,15-18,20-21,24H2,1H3;1H2/t34?,36-,38?;/m0./s1. The summed E-state index contributed by atoms with van der Waals surface area (Å²) in [6.45, 7) is 3.31. The lowest BCUT2D eigenvalue weighted by Gasteiger charge is -2.44. The fourth-order valence-electron chi connectivity index (χ4n) is 7.47. The summed E-state index contributed by atoms with van der Waals surface area (Å²) >= 11 is 14.5. The minimum atomic E-state index is -0.728. The van der Waals surface area contributed by atoms with Gasteiger partial charge in [-0.1, -0.05) is 59.6 Å². The summed E-state index contributed by atoms with van der Waals surface area (Å²) in [5, 5.41) is 4.29. The monoisotopic (exact) mass is 781 g/mol. The van der Waals surface area contributed by atoms with Crippen molar-refractivity contribution in [3.63, 3.8) is 0 Å². The summed E-state index contributed by atoms with van der Waals surface area (Å²) in [7, 11) is 1.61. The lowest BCUT2D eigenvalue weighted by Crippen LogP contribution is -2.52. The van der Waals surface area contributed by atoms with Crippen molar-refractivity contribution < 1.29 is 39.0 Å². The molecule has 2 aromatic carbocycles. The maximum atomic E-state index is 13.8. The van der Waals surface area contributed by atoms with Gasteiger partial charge in [-0.15, -0.1) is 11.3 Å². The van der Waals surface area contributed by atoms with Gasteiger partial charge in [-0.2, -0.15) is 0 Å². The molecule has 0 amide bonds. The molecule has 3 saturated heterocycles. The van der Waals surface area contributed by atoms with Gasteiger partial charge in [-0.3, -0.25) is 10.2 Å². The Morgan fingerprint density at radius 2 is 1.68 bits per heavy atom. The van der Waals surface area contributed by atoms with Crippen LogP contribution in [0.2, 0.25) is 10.0 Å². The van der Waals surface area contributed by atoms with Gasteiger partial charge in [0.05, 0.1) is 13.2 Å². The molecule has 3 atom stereocenters. The fourth-order valence-corrected chi connectivity index (χ4v) is 8.85. The number of piperidine rings is 3. The van der Waals surface area contributed by atoms with Crippen LogP contribution < -0.4 is 19.8 Å². The Morgan fingerprint density at radius 3 is 2.36 bits per heavy atom. The number of aromatic amines is 1. The van der Waals surface area contributed by atoms with Crippen molar-refractivity contribution in [2.45, 2.75) is 75.8 Å². The van der Waals surface area contributed by atoms with E-state index >= 15 is 0 Å². The van der Waals surface area contributed by atoms with E-state index in [1.165, 1.54) is 11.3 Å². The number of methoxy groups -OCH3 is 1. The Balaban J connectivity index is 0.00000481. The minimum absolute atomic E-state index is 0. The molecule has 4 aromatic rings. The van der Waals surface area contributed by atoms with Crippen molar-refractivity contribution in [1.29, 1.82) is 0 Å². The van der Waals surface area contributed by atoms with E-state index in [2.05, 4.69) is 15.2 Å². The van der Waals surface area contributed by atoms with Gasteiger partial charge in [0.2, 0.25) is 0 Å². The maximum absolute atomic E-state index is 13.8. The molecule has 13 heteroatoms. The molecule has 2 unspecified atom stereocenters. The number of halogens is 2. The van der Waals surface area contributed by atoms with Crippen molar-refractivity contribution >= 4 is 46.5 Å².